The highest BCUT2D eigenvalue weighted by Gasteiger charge is 2.19. The van der Waals surface area contributed by atoms with E-state index in [4.69, 9.17) is 12.2 Å². The fourth-order valence-electron chi connectivity index (χ4n) is 2.76. The van der Waals surface area contributed by atoms with E-state index in [0.717, 1.165) is 16.7 Å². The first kappa shape index (κ1) is 16.7. The lowest BCUT2D eigenvalue weighted by atomic mass is 10.1. The molecule has 6 nitrogen and oxygen atoms in total. The molecule has 2 aromatic carbocycles. The maximum absolute atomic E-state index is 5.45. The number of aromatic amines is 2. The first-order valence-electron chi connectivity index (χ1n) is 8.10. The first-order valence-corrected chi connectivity index (χ1v) is 9.39. The molecule has 2 aromatic heterocycles. The van der Waals surface area contributed by atoms with Crippen LogP contribution in [0.5, 0.6) is 0 Å². The fraction of sp³-hybridized carbons (Fsp3) is 0.111. The number of nitrogens with zero attached hydrogens (tertiary/aromatic N) is 4. The van der Waals surface area contributed by atoms with Crippen LogP contribution in [0.4, 0.5) is 0 Å². The summed E-state index contributed by atoms with van der Waals surface area (Å²) >= 11 is 7.08. The summed E-state index contributed by atoms with van der Waals surface area (Å²) in [5, 5.41) is 15.2. The van der Waals surface area contributed by atoms with Crippen molar-refractivity contribution in [2.45, 2.75) is 16.8 Å². The van der Waals surface area contributed by atoms with E-state index in [1.807, 2.05) is 53.1 Å². The number of H-pyrrole nitrogens is 2. The molecule has 8 heteroatoms. The molecule has 0 saturated heterocycles. The molecule has 1 unspecified atom stereocenters. The van der Waals surface area contributed by atoms with Gasteiger partial charge in [0.25, 0.3) is 0 Å². The van der Waals surface area contributed by atoms with Gasteiger partial charge in [0.1, 0.15) is 12.2 Å². The lowest BCUT2D eigenvalue weighted by Crippen LogP contribution is -2.07. The maximum atomic E-state index is 5.45. The highest BCUT2D eigenvalue weighted by Crippen LogP contribution is 2.35. The van der Waals surface area contributed by atoms with Gasteiger partial charge in [-0.05, 0) is 29.9 Å². The molecule has 26 heavy (non-hydrogen) atoms. The van der Waals surface area contributed by atoms with Crippen molar-refractivity contribution in [1.82, 2.24) is 29.9 Å². The maximum Gasteiger partial charge on any atom is 0.199 e. The second kappa shape index (κ2) is 7.67. The van der Waals surface area contributed by atoms with E-state index in [1.54, 1.807) is 11.8 Å². The van der Waals surface area contributed by atoms with Crippen LogP contribution in [0.1, 0.15) is 16.6 Å². The van der Waals surface area contributed by atoms with Crippen LogP contribution in [0.2, 0.25) is 0 Å². The topological polar surface area (TPSA) is 75.2 Å². The summed E-state index contributed by atoms with van der Waals surface area (Å²) in [5.74, 6) is 0.877. The second-order valence-electron chi connectivity index (χ2n) is 5.63. The van der Waals surface area contributed by atoms with E-state index in [0.29, 0.717) is 11.2 Å². The van der Waals surface area contributed by atoms with Crippen molar-refractivity contribution in [2.24, 2.45) is 0 Å². The predicted molar refractivity (Wildman–Crippen MR) is 104 cm³/mol. The SMILES string of the molecule is S=c1[nH]nc(CC(Sc2ncn[nH]2)c2ccccc2)n1-c1ccccc1. The molecule has 0 spiro atoms. The van der Waals surface area contributed by atoms with Gasteiger partial charge in [-0.15, -0.1) is 0 Å². The Hall–Kier alpha value is -2.71. The molecule has 130 valence electrons. The summed E-state index contributed by atoms with van der Waals surface area (Å²) in [6, 6.07) is 20.3. The minimum atomic E-state index is 0.122. The third-order valence-electron chi connectivity index (χ3n) is 3.94. The van der Waals surface area contributed by atoms with Crippen LogP contribution < -0.4 is 0 Å². The highest BCUT2D eigenvalue weighted by molar-refractivity contribution is 7.99. The van der Waals surface area contributed by atoms with E-state index in [9.17, 15) is 0 Å². The number of benzene rings is 2. The minimum Gasteiger partial charge on any atom is -0.272 e. The lowest BCUT2D eigenvalue weighted by Gasteiger charge is -2.16. The van der Waals surface area contributed by atoms with Gasteiger partial charge < -0.3 is 0 Å². The number of nitrogens with one attached hydrogen (secondary N) is 2. The molecule has 0 bridgehead atoms. The Morgan fingerprint density at radius 2 is 1.73 bits per heavy atom. The Labute approximate surface area is 159 Å². The Morgan fingerprint density at radius 1 is 1.00 bits per heavy atom. The van der Waals surface area contributed by atoms with Crippen molar-refractivity contribution >= 4 is 24.0 Å². The number of aromatic nitrogens is 6. The number of hydrogen-bond acceptors (Lipinski definition) is 5. The van der Waals surface area contributed by atoms with Gasteiger partial charge in [-0.3, -0.25) is 14.8 Å². The van der Waals surface area contributed by atoms with Gasteiger partial charge in [-0.25, -0.2) is 4.98 Å². The molecule has 4 rings (SSSR count). The summed E-state index contributed by atoms with van der Waals surface area (Å²) in [4.78, 5) is 4.25. The normalized spacial score (nSPS) is 12.2. The van der Waals surface area contributed by atoms with Gasteiger partial charge in [0.05, 0.1) is 0 Å². The zero-order chi connectivity index (χ0) is 17.8. The van der Waals surface area contributed by atoms with Crippen LogP contribution in [-0.4, -0.2) is 29.9 Å². The van der Waals surface area contributed by atoms with Crippen LogP contribution in [0.25, 0.3) is 5.69 Å². The van der Waals surface area contributed by atoms with Crippen molar-refractivity contribution < 1.29 is 0 Å². The van der Waals surface area contributed by atoms with E-state index in [-0.39, 0.29) is 5.25 Å². The van der Waals surface area contributed by atoms with Crippen LogP contribution in [-0.2, 0) is 6.42 Å². The molecule has 4 aromatic rings. The third-order valence-corrected chi connectivity index (χ3v) is 5.36. The van der Waals surface area contributed by atoms with Gasteiger partial charge in [0, 0.05) is 17.4 Å². The van der Waals surface area contributed by atoms with Crippen LogP contribution in [0.3, 0.4) is 0 Å². The zero-order valence-electron chi connectivity index (χ0n) is 13.7. The highest BCUT2D eigenvalue weighted by atomic mass is 32.2. The molecule has 2 heterocycles. The standard InChI is InChI=1S/C18H16N6S2/c25-18-23-21-16(24(18)14-9-5-2-6-10-14)11-15(13-7-3-1-4-8-13)26-17-19-12-20-22-17/h1-10,12,15H,11H2,(H,23,25)(H,19,20,22). The summed E-state index contributed by atoms with van der Waals surface area (Å²) in [5.41, 5.74) is 2.19. The molecule has 0 aliphatic rings. The summed E-state index contributed by atoms with van der Waals surface area (Å²) in [6.45, 7) is 0. The van der Waals surface area contributed by atoms with Gasteiger partial charge in [0.15, 0.2) is 9.93 Å². The van der Waals surface area contributed by atoms with E-state index in [1.165, 1.54) is 11.9 Å². The number of rotatable bonds is 6. The largest absolute Gasteiger partial charge is 0.272 e. The van der Waals surface area contributed by atoms with Crippen molar-refractivity contribution in [1.29, 1.82) is 0 Å². The molecule has 0 radical (unpaired) electrons. The zero-order valence-corrected chi connectivity index (χ0v) is 15.4. The molecular weight excluding hydrogens is 364 g/mol. The van der Waals surface area contributed by atoms with E-state index < -0.39 is 0 Å². The molecule has 0 aliphatic carbocycles. The van der Waals surface area contributed by atoms with E-state index >= 15 is 0 Å². The van der Waals surface area contributed by atoms with E-state index in [2.05, 4.69) is 37.5 Å². The fourth-order valence-corrected chi connectivity index (χ4v) is 4.02. The van der Waals surface area contributed by atoms with Crippen molar-refractivity contribution in [3.63, 3.8) is 0 Å². The number of thioether (sulfide) groups is 1. The Balaban J connectivity index is 1.70. The third kappa shape index (κ3) is 3.61. The molecule has 1 atom stereocenters. The molecule has 0 aliphatic heterocycles. The van der Waals surface area contributed by atoms with Crippen LogP contribution in [0.15, 0.2) is 72.1 Å². The molecular formula is C18H16N6S2. The van der Waals surface area contributed by atoms with Gasteiger partial charge in [0.2, 0.25) is 0 Å². The molecule has 0 amide bonds. The van der Waals surface area contributed by atoms with Crippen LogP contribution in [0, 0.1) is 4.77 Å². The average molecular weight is 381 g/mol. The van der Waals surface area contributed by atoms with Crippen LogP contribution >= 0.6 is 24.0 Å². The molecule has 2 N–H and O–H groups in total. The first-order chi connectivity index (χ1) is 12.8. The van der Waals surface area contributed by atoms with Gasteiger partial charge in [-0.2, -0.15) is 10.2 Å². The van der Waals surface area contributed by atoms with Crippen molar-refractivity contribution in [3.05, 3.63) is 83.1 Å². The summed E-state index contributed by atoms with van der Waals surface area (Å²) in [7, 11) is 0. The number of para-hydroxylation sites is 1. The number of hydrogen-bond donors (Lipinski definition) is 2. The quantitative estimate of drug-likeness (QED) is 0.389. The molecule has 0 saturated carbocycles. The predicted octanol–water partition coefficient (Wildman–Crippen LogP) is 4.12. The van der Waals surface area contributed by atoms with Gasteiger partial charge >= 0.3 is 0 Å². The average Bonchev–Trinajstić information content (AvgIpc) is 3.32. The Morgan fingerprint density at radius 3 is 2.42 bits per heavy atom. The Kier molecular flexibility index (Phi) is 4.94. The smallest absolute Gasteiger partial charge is 0.199 e. The van der Waals surface area contributed by atoms with Crippen molar-refractivity contribution in [2.75, 3.05) is 0 Å². The van der Waals surface area contributed by atoms with Crippen molar-refractivity contribution in [3.8, 4) is 5.69 Å². The Bertz CT molecular complexity index is 1010. The summed E-state index contributed by atoms with van der Waals surface area (Å²) < 4.78 is 2.56. The second-order valence-corrected chi connectivity index (χ2v) is 7.21. The monoisotopic (exact) mass is 380 g/mol. The molecule has 0 fully saturated rings. The van der Waals surface area contributed by atoms with Gasteiger partial charge in [-0.1, -0.05) is 60.3 Å². The minimum absolute atomic E-state index is 0.122. The summed E-state index contributed by atoms with van der Waals surface area (Å²) in [6.07, 6.45) is 2.21. The lowest BCUT2D eigenvalue weighted by molar-refractivity contribution is 0.802.